The second-order valence-corrected chi connectivity index (χ2v) is 4.35. The maximum absolute atomic E-state index is 9.22. The van der Waals surface area contributed by atoms with Crippen molar-refractivity contribution in [1.29, 1.82) is 0 Å². The molecule has 2 nitrogen and oxygen atoms in total. The van der Waals surface area contributed by atoms with Gasteiger partial charge in [-0.15, -0.1) is 0 Å². The molecule has 0 amide bonds. The Morgan fingerprint density at radius 3 is 2.75 bits per heavy atom. The SMILES string of the molecule is OC[C@@H]1CCC[NH+]2CCCC[C@@H]12. The summed E-state index contributed by atoms with van der Waals surface area (Å²) in [5, 5.41) is 9.22. The molecule has 2 aliphatic rings. The van der Waals surface area contributed by atoms with E-state index in [4.69, 9.17) is 0 Å². The summed E-state index contributed by atoms with van der Waals surface area (Å²) < 4.78 is 0. The average Bonchev–Trinajstić information content (AvgIpc) is 2.17. The number of aliphatic hydroxyl groups is 1. The Balaban J connectivity index is 1.99. The molecule has 2 aliphatic heterocycles. The van der Waals surface area contributed by atoms with E-state index in [0.29, 0.717) is 12.5 Å². The Morgan fingerprint density at radius 2 is 1.92 bits per heavy atom. The van der Waals surface area contributed by atoms with Gasteiger partial charge in [0.15, 0.2) is 0 Å². The molecule has 3 atom stereocenters. The lowest BCUT2D eigenvalue weighted by molar-refractivity contribution is -0.940. The fourth-order valence-corrected chi connectivity index (χ4v) is 3.00. The van der Waals surface area contributed by atoms with Gasteiger partial charge in [0.2, 0.25) is 0 Å². The molecule has 0 aromatic rings. The molecule has 2 heterocycles. The lowest BCUT2D eigenvalue weighted by Gasteiger charge is -2.40. The highest BCUT2D eigenvalue weighted by Crippen LogP contribution is 2.19. The minimum absolute atomic E-state index is 0.425. The zero-order chi connectivity index (χ0) is 8.39. The van der Waals surface area contributed by atoms with Gasteiger partial charge in [-0.1, -0.05) is 0 Å². The topological polar surface area (TPSA) is 24.7 Å². The number of hydrogen-bond acceptors (Lipinski definition) is 1. The normalized spacial score (nSPS) is 42.2. The first-order valence-electron chi connectivity index (χ1n) is 5.37. The monoisotopic (exact) mass is 170 g/mol. The van der Waals surface area contributed by atoms with Gasteiger partial charge in [0.1, 0.15) is 0 Å². The molecule has 2 rings (SSSR count). The summed E-state index contributed by atoms with van der Waals surface area (Å²) in [5.74, 6) is 0.619. The van der Waals surface area contributed by atoms with Crippen LogP contribution < -0.4 is 4.90 Å². The summed E-state index contributed by atoms with van der Waals surface area (Å²) in [6.07, 6.45) is 6.76. The van der Waals surface area contributed by atoms with Crippen molar-refractivity contribution >= 4 is 0 Å². The standard InChI is InChI=1S/C10H19NO/c12-8-9-4-3-7-11-6-2-1-5-10(9)11/h9-10,12H,1-8H2/p+1/t9-,10-/m0/s1. The number of quaternary nitrogens is 1. The smallest absolute Gasteiger partial charge is 0.0925 e. The molecule has 0 saturated carbocycles. The molecule has 0 bridgehead atoms. The van der Waals surface area contributed by atoms with Crippen LogP contribution in [0.3, 0.4) is 0 Å². The Morgan fingerprint density at radius 1 is 1.08 bits per heavy atom. The fraction of sp³-hybridized carbons (Fsp3) is 1.00. The van der Waals surface area contributed by atoms with E-state index in [2.05, 4.69) is 0 Å². The van der Waals surface area contributed by atoms with Crippen molar-refractivity contribution in [2.24, 2.45) is 5.92 Å². The van der Waals surface area contributed by atoms with Crippen LogP contribution in [-0.2, 0) is 0 Å². The van der Waals surface area contributed by atoms with Gasteiger partial charge in [-0.2, -0.15) is 0 Å². The first kappa shape index (κ1) is 8.52. The van der Waals surface area contributed by atoms with Gasteiger partial charge in [-0.05, 0) is 32.1 Å². The van der Waals surface area contributed by atoms with Gasteiger partial charge in [0, 0.05) is 5.92 Å². The van der Waals surface area contributed by atoms with E-state index in [1.54, 1.807) is 4.90 Å². The zero-order valence-electron chi connectivity index (χ0n) is 7.76. The van der Waals surface area contributed by atoms with E-state index in [1.165, 1.54) is 45.2 Å². The van der Waals surface area contributed by atoms with Gasteiger partial charge in [-0.3, -0.25) is 0 Å². The molecule has 12 heavy (non-hydrogen) atoms. The van der Waals surface area contributed by atoms with E-state index in [9.17, 15) is 5.11 Å². The number of piperidine rings is 2. The minimum Gasteiger partial charge on any atom is -0.396 e. The molecule has 2 fully saturated rings. The number of fused-ring (bicyclic) bond motifs is 1. The molecule has 0 aromatic carbocycles. The van der Waals surface area contributed by atoms with Crippen molar-refractivity contribution < 1.29 is 10.0 Å². The molecule has 0 aliphatic carbocycles. The van der Waals surface area contributed by atoms with Crippen molar-refractivity contribution in [3.63, 3.8) is 0 Å². The number of rotatable bonds is 1. The molecule has 2 heteroatoms. The van der Waals surface area contributed by atoms with Crippen LogP contribution >= 0.6 is 0 Å². The predicted molar refractivity (Wildman–Crippen MR) is 48.1 cm³/mol. The molecular formula is C10H20NO+. The lowest BCUT2D eigenvalue weighted by atomic mass is 9.84. The first-order chi connectivity index (χ1) is 5.92. The van der Waals surface area contributed by atoms with Crippen LogP contribution in [0.15, 0.2) is 0 Å². The summed E-state index contributed by atoms with van der Waals surface area (Å²) in [7, 11) is 0. The molecule has 0 radical (unpaired) electrons. The van der Waals surface area contributed by atoms with Crippen LogP contribution in [0.1, 0.15) is 32.1 Å². The highest BCUT2D eigenvalue weighted by molar-refractivity contribution is 4.74. The summed E-state index contributed by atoms with van der Waals surface area (Å²) >= 11 is 0. The third kappa shape index (κ3) is 1.50. The number of aliphatic hydroxyl groups excluding tert-OH is 1. The van der Waals surface area contributed by atoms with Crippen LogP contribution in [0.5, 0.6) is 0 Å². The van der Waals surface area contributed by atoms with Crippen molar-refractivity contribution in [3.8, 4) is 0 Å². The molecule has 2 saturated heterocycles. The summed E-state index contributed by atoms with van der Waals surface area (Å²) in [4.78, 5) is 1.78. The number of hydrogen-bond donors (Lipinski definition) is 2. The van der Waals surface area contributed by atoms with Crippen molar-refractivity contribution in [3.05, 3.63) is 0 Å². The third-order valence-corrected chi connectivity index (χ3v) is 3.66. The van der Waals surface area contributed by atoms with Crippen molar-refractivity contribution in [1.82, 2.24) is 0 Å². The van der Waals surface area contributed by atoms with E-state index in [1.807, 2.05) is 0 Å². The third-order valence-electron chi connectivity index (χ3n) is 3.66. The second kappa shape index (κ2) is 3.75. The highest BCUT2D eigenvalue weighted by Gasteiger charge is 2.35. The highest BCUT2D eigenvalue weighted by atomic mass is 16.3. The Labute approximate surface area is 74.6 Å². The Hall–Kier alpha value is -0.0800. The van der Waals surface area contributed by atoms with Crippen LogP contribution in [0, 0.1) is 5.92 Å². The average molecular weight is 170 g/mol. The van der Waals surface area contributed by atoms with E-state index in [-0.39, 0.29) is 0 Å². The largest absolute Gasteiger partial charge is 0.396 e. The first-order valence-corrected chi connectivity index (χ1v) is 5.37. The van der Waals surface area contributed by atoms with Gasteiger partial charge in [0.25, 0.3) is 0 Å². The van der Waals surface area contributed by atoms with Crippen molar-refractivity contribution in [2.45, 2.75) is 38.1 Å². The quantitative estimate of drug-likeness (QED) is 0.561. The number of nitrogens with one attached hydrogen (secondary N) is 1. The summed E-state index contributed by atoms with van der Waals surface area (Å²) in [6, 6.07) is 0.803. The van der Waals surface area contributed by atoms with Gasteiger partial charge < -0.3 is 10.0 Å². The van der Waals surface area contributed by atoms with Crippen LogP contribution in [0.25, 0.3) is 0 Å². The maximum atomic E-state index is 9.22. The minimum atomic E-state index is 0.425. The molecule has 0 spiro atoms. The van der Waals surface area contributed by atoms with Crippen LogP contribution in [0.4, 0.5) is 0 Å². The predicted octanol–water partition coefficient (Wildman–Crippen LogP) is -0.174. The summed E-state index contributed by atoms with van der Waals surface area (Å²) in [5.41, 5.74) is 0. The van der Waals surface area contributed by atoms with E-state index in [0.717, 1.165) is 6.04 Å². The van der Waals surface area contributed by atoms with Crippen molar-refractivity contribution in [2.75, 3.05) is 19.7 Å². The van der Waals surface area contributed by atoms with Crippen LogP contribution in [-0.4, -0.2) is 30.8 Å². The summed E-state index contributed by atoms with van der Waals surface area (Å²) in [6.45, 7) is 3.15. The molecule has 70 valence electrons. The molecule has 1 unspecified atom stereocenters. The maximum Gasteiger partial charge on any atom is 0.0925 e. The zero-order valence-corrected chi connectivity index (χ0v) is 7.76. The van der Waals surface area contributed by atoms with Gasteiger partial charge in [-0.25, -0.2) is 0 Å². The molecular weight excluding hydrogens is 150 g/mol. The lowest BCUT2D eigenvalue weighted by Crippen LogP contribution is -3.18. The Kier molecular flexibility index (Phi) is 2.66. The molecule has 0 aromatic heterocycles. The second-order valence-electron chi connectivity index (χ2n) is 4.35. The van der Waals surface area contributed by atoms with Gasteiger partial charge in [0.05, 0.1) is 25.7 Å². The molecule has 2 N–H and O–H groups in total. The fourth-order valence-electron chi connectivity index (χ4n) is 3.00. The van der Waals surface area contributed by atoms with Crippen LogP contribution in [0.2, 0.25) is 0 Å². The van der Waals surface area contributed by atoms with E-state index >= 15 is 0 Å². The Bertz CT molecular complexity index is 140. The van der Waals surface area contributed by atoms with E-state index < -0.39 is 0 Å². The van der Waals surface area contributed by atoms with Gasteiger partial charge >= 0.3 is 0 Å².